The Morgan fingerprint density at radius 3 is 2.23 bits per heavy atom. The summed E-state index contributed by atoms with van der Waals surface area (Å²) < 4.78 is 37.1. The van der Waals surface area contributed by atoms with Crippen LogP contribution in [0.1, 0.15) is 48.0 Å². The van der Waals surface area contributed by atoms with E-state index in [1.807, 2.05) is 4.72 Å². The number of Topliss-reactive ketones (excluding diaryl/α,β-unsaturated/α-hetero) is 1. The van der Waals surface area contributed by atoms with Gasteiger partial charge in [-0.3, -0.25) is 19.2 Å². The number of anilines is 1. The fourth-order valence-electron chi connectivity index (χ4n) is 3.10. The number of cyclic esters (lactones) is 1. The molecule has 2 rings (SSSR count). The quantitative estimate of drug-likeness (QED) is 0.493. The second kappa shape index (κ2) is 9.64. The van der Waals surface area contributed by atoms with Crippen LogP contribution in [0.5, 0.6) is 5.75 Å². The molecule has 0 aliphatic carbocycles. The van der Waals surface area contributed by atoms with Crippen LogP contribution < -0.4 is 14.8 Å². The fraction of sp³-hybridized carbons (Fsp3) is 0.500. The molecule has 0 spiro atoms. The van der Waals surface area contributed by atoms with Crippen molar-refractivity contribution < 1.29 is 41.9 Å². The van der Waals surface area contributed by atoms with E-state index in [2.05, 4.69) is 5.32 Å². The van der Waals surface area contributed by atoms with Crippen LogP contribution in [0.2, 0.25) is 0 Å². The molecule has 0 radical (unpaired) electrons. The number of carbonyl (C=O) groups excluding carboxylic acids is 5. The molecule has 0 aromatic heterocycles. The molecule has 12 nitrogen and oxygen atoms in total. The molecule has 1 aromatic carbocycles. The number of amides is 4. The van der Waals surface area contributed by atoms with Crippen LogP contribution in [0.25, 0.3) is 0 Å². The van der Waals surface area contributed by atoms with E-state index in [4.69, 9.17) is 9.47 Å². The Morgan fingerprint density at radius 2 is 1.77 bits per heavy atom. The zero-order valence-corrected chi connectivity index (χ0v) is 21.4. The van der Waals surface area contributed by atoms with Crippen molar-refractivity contribution in [2.75, 3.05) is 12.4 Å². The normalized spacial score (nSPS) is 16.4. The van der Waals surface area contributed by atoms with E-state index in [9.17, 15) is 32.4 Å². The maximum atomic E-state index is 13.3. The van der Waals surface area contributed by atoms with Crippen molar-refractivity contribution in [3.8, 4) is 5.75 Å². The monoisotopic (exact) mass is 511 g/mol. The molecule has 1 fully saturated rings. The van der Waals surface area contributed by atoms with Crippen molar-refractivity contribution in [3.63, 3.8) is 0 Å². The molecule has 4 amide bonds. The Hall–Kier alpha value is -3.48. The second-order valence-corrected chi connectivity index (χ2v) is 11.0. The van der Waals surface area contributed by atoms with E-state index < -0.39 is 56.7 Å². The van der Waals surface area contributed by atoms with Gasteiger partial charge in [-0.05, 0) is 32.0 Å². The molecule has 1 unspecified atom stereocenters. The molecular weight excluding hydrogens is 482 g/mol. The number of carbonyl (C=O) groups is 5. The Morgan fingerprint density at radius 1 is 1.17 bits per heavy atom. The highest BCUT2D eigenvalue weighted by atomic mass is 32.2. The zero-order chi connectivity index (χ0) is 26.9. The summed E-state index contributed by atoms with van der Waals surface area (Å²) in [6.45, 7) is 8.66. The predicted octanol–water partition coefficient (Wildman–Crippen LogP) is 1.59. The molecule has 2 N–H and O–H groups in total. The molecule has 1 atom stereocenters. The molecule has 1 saturated heterocycles. The van der Waals surface area contributed by atoms with Crippen LogP contribution in [-0.2, 0) is 33.9 Å². The van der Waals surface area contributed by atoms with Crippen LogP contribution in [-0.4, -0.2) is 61.7 Å². The smallest absolute Gasteiger partial charge is 0.418 e. The summed E-state index contributed by atoms with van der Waals surface area (Å²) in [7, 11) is -3.01. The average Bonchev–Trinajstić information content (AvgIpc) is 2.94. The van der Waals surface area contributed by atoms with E-state index in [1.165, 1.54) is 54.7 Å². The summed E-state index contributed by atoms with van der Waals surface area (Å²) in [4.78, 5) is 63.5. The van der Waals surface area contributed by atoms with Crippen molar-refractivity contribution in [2.24, 2.45) is 5.41 Å². The summed E-state index contributed by atoms with van der Waals surface area (Å²) >= 11 is 0. The molecule has 35 heavy (non-hydrogen) atoms. The number of nitrogens with zero attached hydrogens (tertiary/aromatic N) is 1. The minimum Gasteiger partial charge on any atom is -0.495 e. The summed E-state index contributed by atoms with van der Waals surface area (Å²) in [5.74, 6) is -3.44. The first-order valence-corrected chi connectivity index (χ1v) is 12.1. The minimum absolute atomic E-state index is 0.0248. The molecule has 192 valence electrons. The summed E-state index contributed by atoms with van der Waals surface area (Å²) in [6, 6.07) is 1.51. The second-order valence-electron chi connectivity index (χ2n) is 9.30. The third-order valence-corrected chi connectivity index (χ3v) is 6.45. The third-order valence-electron chi connectivity index (χ3n) is 5.08. The Labute approximate surface area is 203 Å². The lowest BCUT2D eigenvalue weighted by atomic mass is 9.85. The number of nitrogens with one attached hydrogen (secondary N) is 2. The number of ether oxygens (including phenoxy) is 2. The number of sulfonamides is 1. The number of rotatable bonds is 8. The standard InChI is InChI=1S/C22H29N3O9S/c1-8-15(26)24-35(31,32)12-9-10-14(33-7)13(11-12)23-18(28)16(17(27)21(2,3)4)25-19(29)22(5,6)34-20(25)30/h9-11,16H,8H2,1-7H3,(H,23,28)(H,24,26). The lowest BCUT2D eigenvalue weighted by Gasteiger charge is -2.28. The van der Waals surface area contributed by atoms with Gasteiger partial charge in [-0.1, -0.05) is 27.7 Å². The minimum atomic E-state index is -4.28. The van der Waals surface area contributed by atoms with Crippen LogP contribution in [0.15, 0.2) is 23.1 Å². The molecular formula is C22H29N3O9S. The lowest BCUT2D eigenvalue weighted by Crippen LogP contribution is -2.55. The SMILES string of the molecule is CCC(=O)NS(=O)(=O)c1ccc(OC)c(NC(=O)C(C(=O)C(C)(C)C)N2C(=O)OC(C)(C)C2=O)c1. The summed E-state index contributed by atoms with van der Waals surface area (Å²) in [5.41, 5.74) is -2.90. The van der Waals surface area contributed by atoms with Gasteiger partial charge in [0.1, 0.15) is 5.75 Å². The van der Waals surface area contributed by atoms with Gasteiger partial charge in [0.2, 0.25) is 5.91 Å². The number of hydrogen-bond acceptors (Lipinski definition) is 9. The highest BCUT2D eigenvalue weighted by Crippen LogP contribution is 2.32. The van der Waals surface area contributed by atoms with Crippen LogP contribution in [0.3, 0.4) is 0 Å². The van der Waals surface area contributed by atoms with E-state index >= 15 is 0 Å². The van der Waals surface area contributed by atoms with Crippen molar-refractivity contribution >= 4 is 45.3 Å². The summed E-state index contributed by atoms with van der Waals surface area (Å²) in [5, 5.41) is 2.38. The molecule has 1 aliphatic heterocycles. The first kappa shape index (κ1) is 27.8. The van der Waals surface area contributed by atoms with Crippen molar-refractivity contribution in [1.82, 2.24) is 9.62 Å². The van der Waals surface area contributed by atoms with Gasteiger partial charge in [0.25, 0.3) is 21.8 Å². The molecule has 1 heterocycles. The third kappa shape index (κ3) is 5.78. The summed E-state index contributed by atoms with van der Waals surface area (Å²) in [6.07, 6.45) is -1.24. The Balaban J connectivity index is 2.53. The van der Waals surface area contributed by atoms with Gasteiger partial charge in [-0.2, -0.15) is 0 Å². The van der Waals surface area contributed by atoms with Gasteiger partial charge in [0.15, 0.2) is 17.4 Å². The van der Waals surface area contributed by atoms with E-state index in [1.54, 1.807) is 0 Å². The first-order chi connectivity index (χ1) is 16.0. The predicted molar refractivity (Wildman–Crippen MR) is 123 cm³/mol. The number of methoxy groups -OCH3 is 1. The van der Waals surface area contributed by atoms with E-state index in [-0.39, 0.29) is 22.8 Å². The first-order valence-electron chi connectivity index (χ1n) is 10.6. The molecule has 13 heteroatoms. The molecule has 1 aliphatic rings. The Kier molecular flexibility index (Phi) is 7.65. The van der Waals surface area contributed by atoms with Crippen LogP contribution in [0, 0.1) is 5.41 Å². The maximum Gasteiger partial charge on any atom is 0.418 e. The maximum absolute atomic E-state index is 13.3. The Bertz CT molecular complexity index is 1180. The van der Waals surface area contributed by atoms with Gasteiger partial charge >= 0.3 is 6.09 Å². The zero-order valence-electron chi connectivity index (χ0n) is 20.5. The van der Waals surface area contributed by atoms with Gasteiger partial charge < -0.3 is 14.8 Å². The van der Waals surface area contributed by atoms with Crippen molar-refractivity contribution in [1.29, 1.82) is 0 Å². The van der Waals surface area contributed by atoms with Gasteiger partial charge in [0, 0.05) is 11.8 Å². The number of ketones is 1. The van der Waals surface area contributed by atoms with Gasteiger partial charge in [-0.15, -0.1) is 0 Å². The molecule has 1 aromatic rings. The van der Waals surface area contributed by atoms with Gasteiger partial charge in [-0.25, -0.2) is 22.8 Å². The molecule has 0 saturated carbocycles. The largest absolute Gasteiger partial charge is 0.495 e. The number of hydrogen-bond donors (Lipinski definition) is 2. The van der Waals surface area contributed by atoms with Crippen molar-refractivity contribution in [3.05, 3.63) is 18.2 Å². The van der Waals surface area contributed by atoms with Crippen LogP contribution in [0.4, 0.5) is 10.5 Å². The van der Waals surface area contributed by atoms with E-state index in [0.717, 1.165) is 12.1 Å². The number of benzene rings is 1. The average molecular weight is 512 g/mol. The lowest BCUT2D eigenvalue weighted by molar-refractivity contribution is -0.145. The highest BCUT2D eigenvalue weighted by Gasteiger charge is 2.55. The highest BCUT2D eigenvalue weighted by molar-refractivity contribution is 7.90. The van der Waals surface area contributed by atoms with Crippen LogP contribution >= 0.6 is 0 Å². The van der Waals surface area contributed by atoms with Crippen molar-refractivity contribution in [2.45, 2.75) is 64.5 Å². The van der Waals surface area contributed by atoms with E-state index in [0.29, 0.717) is 4.90 Å². The fourth-order valence-corrected chi connectivity index (χ4v) is 4.19. The molecule has 0 bridgehead atoms. The topological polar surface area (TPSA) is 165 Å². The number of imide groups is 1. The van der Waals surface area contributed by atoms with Gasteiger partial charge in [0.05, 0.1) is 17.7 Å².